The summed E-state index contributed by atoms with van der Waals surface area (Å²) in [5.41, 5.74) is 8.82. The van der Waals surface area contributed by atoms with Crippen molar-refractivity contribution in [2.45, 2.75) is 20.3 Å². The van der Waals surface area contributed by atoms with Crippen LogP contribution in [0.1, 0.15) is 17.0 Å². The van der Waals surface area contributed by atoms with Crippen LogP contribution in [0.15, 0.2) is 22.7 Å². The minimum Gasteiger partial charge on any atom is -0.339 e. The van der Waals surface area contributed by atoms with Gasteiger partial charge in [-0.05, 0) is 19.4 Å². The quantitative estimate of drug-likeness (QED) is 0.852. The standard InChI is InChI=1S/C12H15N3O/c1-8-3-4-10(9(2)7-8)12-14-11(5-6-13)16-15-12/h3-4,7H,5-6,13H2,1-2H3. The Kier molecular flexibility index (Phi) is 3.01. The van der Waals surface area contributed by atoms with Crippen molar-refractivity contribution in [1.29, 1.82) is 0 Å². The summed E-state index contributed by atoms with van der Waals surface area (Å²) in [5.74, 6) is 1.23. The molecule has 0 aliphatic heterocycles. The second-order valence-electron chi connectivity index (χ2n) is 3.87. The summed E-state index contributed by atoms with van der Waals surface area (Å²) in [6, 6.07) is 6.16. The third kappa shape index (κ3) is 2.12. The van der Waals surface area contributed by atoms with Crippen LogP contribution in [0.4, 0.5) is 0 Å². The fraction of sp³-hybridized carbons (Fsp3) is 0.333. The minimum atomic E-state index is 0.522. The summed E-state index contributed by atoms with van der Waals surface area (Å²) in [4.78, 5) is 4.30. The van der Waals surface area contributed by atoms with E-state index in [1.807, 2.05) is 19.1 Å². The number of hydrogen-bond acceptors (Lipinski definition) is 4. The van der Waals surface area contributed by atoms with E-state index in [-0.39, 0.29) is 0 Å². The van der Waals surface area contributed by atoms with Gasteiger partial charge in [-0.25, -0.2) is 0 Å². The number of nitrogens with zero attached hydrogens (tertiary/aromatic N) is 2. The highest BCUT2D eigenvalue weighted by atomic mass is 16.5. The van der Waals surface area contributed by atoms with Crippen molar-refractivity contribution >= 4 is 0 Å². The Morgan fingerprint density at radius 3 is 2.81 bits per heavy atom. The van der Waals surface area contributed by atoms with Gasteiger partial charge in [0.15, 0.2) is 0 Å². The molecule has 4 heteroatoms. The Bertz CT molecular complexity index is 491. The highest BCUT2D eigenvalue weighted by molar-refractivity contribution is 5.59. The molecule has 0 aliphatic carbocycles. The molecule has 1 heterocycles. The van der Waals surface area contributed by atoms with Crippen molar-refractivity contribution in [3.63, 3.8) is 0 Å². The molecule has 0 aliphatic rings. The zero-order valence-corrected chi connectivity index (χ0v) is 9.53. The SMILES string of the molecule is Cc1ccc(-c2noc(CCN)n2)c(C)c1. The molecule has 4 nitrogen and oxygen atoms in total. The van der Waals surface area contributed by atoms with E-state index in [4.69, 9.17) is 10.3 Å². The van der Waals surface area contributed by atoms with E-state index in [2.05, 4.69) is 23.1 Å². The van der Waals surface area contributed by atoms with Crippen LogP contribution in [0.25, 0.3) is 11.4 Å². The molecule has 0 saturated heterocycles. The maximum atomic E-state index is 5.43. The Balaban J connectivity index is 2.35. The minimum absolute atomic E-state index is 0.522. The molecule has 16 heavy (non-hydrogen) atoms. The van der Waals surface area contributed by atoms with Gasteiger partial charge in [0.1, 0.15) is 0 Å². The molecule has 2 rings (SSSR count). The van der Waals surface area contributed by atoms with Gasteiger partial charge < -0.3 is 10.3 Å². The van der Waals surface area contributed by atoms with Crippen LogP contribution in [0.5, 0.6) is 0 Å². The highest BCUT2D eigenvalue weighted by Gasteiger charge is 2.09. The molecule has 2 N–H and O–H groups in total. The van der Waals surface area contributed by atoms with E-state index in [0.717, 1.165) is 11.1 Å². The molecule has 0 spiro atoms. The van der Waals surface area contributed by atoms with Crippen molar-refractivity contribution in [3.8, 4) is 11.4 Å². The molecule has 0 atom stereocenters. The second kappa shape index (κ2) is 4.45. The van der Waals surface area contributed by atoms with Crippen molar-refractivity contribution in [2.75, 3.05) is 6.54 Å². The lowest BCUT2D eigenvalue weighted by molar-refractivity contribution is 0.380. The highest BCUT2D eigenvalue weighted by Crippen LogP contribution is 2.21. The van der Waals surface area contributed by atoms with E-state index < -0.39 is 0 Å². The molecule has 1 aromatic heterocycles. The first-order chi connectivity index (χ1) is 7.70. The van der Waals surface area contributed by atoms with Crippen molar-refractivity contribution < 1.29 is 4.52 Å². The fourth-order valence-electron chi connectivity index (χ4n) is 1.65. The second-order valence-corrected chi connectivity index (χ2v) is 3.87. The lowest BCUT2D eigenvalue weighted by Crippen LogP contribution is -2.02. The number of benzene rings is 1. The maximum absolute atomic E-state index is 5.43. The Morgan fingerprint density at radius 1 is 1.31 bits per heavy atom. The molecule has 0 bridgehead atoms. The van der Waals surface area contributed by atoms with E-state index in [1.165, 1.54) is 5.56 Å². The average Bonchev–Trinajstić information content (AvgIpc) is 2.67. The summed E-state index contributed by atoms with van der Waals surface area (Å²) in [6.45, 7) is 4.63. The van der Waals surface area contributed by atoms with Gasteiger partial charge in [0.2, 0.25) is 11.7 Å². The summed E-state index contributed by atoms with van der Waals surface area (Å²) in [6.07, 6.45) is 0.623. The molecule has 0 radical (unpaired) electrons. The maximum Gasteiger partial charge on any atom is 0.228 e. The third-order valence-electron chi connectivity index (χ3n) is 2.45. The third-order valence-corrected chi connectivity index (χ3v) is 2.45. The number of aromatic nitrogens is 2. The largest absolute Gasteiger partial charge is 0.339 e. The summed E-state index contributed by atoms with van der Waals surface area (Å²) < 4.78 is 5.10. The zero-order valence-electron chi connectivity index (χ0n) is 9.53. The predicted octanol–water partition coefficient (Wildman–Crippen LogP) is 1.85. The number of hydrogen-bond donors (Lipinski definition) is 1. The fourth-order valence-corrected chi connectivity index (χ4v) is 1.65. The smallest absolute Gasteiger partial charge is 0.228 e. The molecular weight excluding hydrogens is 202 g/mol. The first-order valence-electron chi connectivity index (χ1n) is 5.31. The van der Waals surface area contributed by atoms with E-state index in [9.17, 15) is 0 Å². The molecule has 0 fully saturated rings. The normalized spacial score (nSPS) is 10.7. The van der Waals surface area contributed by atoms with Crippen LogP contribution in [0.2, 0.25) is 0 Å². The van der Waals surface area contributed by atoms with Crippen LogP contribution in [0.3, 0.4) is 0 Å². The van der Waals surface area contributed by atoms with Gasteiger partial charge in [-0.15, -0.1) is 0 Å². The van der Waals surface area contributed by atoms with Crippen LogP contribution < -0.4 is 5.73 Å². The van der Waals surface area contributed by atoms with E-state index in [1.54, 1.807) is 0 Å². The zero-order chi connectivity index (χ0) is 11.5. The lowest BCUT2D eigenvalue weighted by Gasteiger charge is -2.01. The average molecular weight is 217 g/mol. The topological polar surface area (TPSA) is 64.9 Å². The van der Waals surface area contributed by atoms with Crippen molar-refractivity contribution in [3.05, 3.63) is 35.2 Å². The summed E-state index contributed by atoms with van der Waals surface area (Å²) >= 11 is 0. The van der Waals surface area contributed by atoms with Gasteiger partial charge in [0.25, 0.3) is 0 Å². The molecule has 0 amide bonds. The molecule has 2 aromatic rings. The number of nitrogens with two attached hydrogens (primary N) is 1. The first-order valence-corrected chi connectivity index (χ1v) is 5.31. The molecule has 0 saturated carbocycles. The number of aryl methyl sites for hydroxylation is 2. The van der Waals surface area contributed by atoms with Crippen LogP contribution >= 0.6 is 0 Å². The monoisotopic (exact) mass is 217 g/mol. The number of rotatable bonds is 3. The van der Waals surface area contributed by atoms with Gasteiger partial charge in [0.05, 0.1) is 0 Å². The Morgan fingerprint density at radius 2 is 2.12 bits per heavy atom. The van der Waals surface area contributed by atoms with Gasteiger partial charge in [-0.3, -0.25) is 0 Å². The van der Waals surface area contributed by atoms with E-state index >= 15 is 0 Å². The van der Waals surface area contributed by atoms with Crippen LogP contribution in [-0.4, -0.2) is 16.7 Å². The first kappa shape index (κ1) is 10.8. The van der Waals surface area contributed by atoms with Gasteiger partial charge in [-0.1, -0.05) is 28.9 Å². The lowest BCUT2D eigenvalue weighted by atomic mass is 10.1. The van der Waals surface area contributed by atoms with Gasteiger partial charge in [0, 0.05) is 18.5 Å². The van der Waals surface area contributed by atoms with Crippen LogP contribution in [0, 0.1) is 13.8 Å². The van der Waals surface area contributed by atoms with Crippen LogP contribution in [-0.2, 0) is 6.42 Å². The van der Waals surface area contributed by atoms with E-state index in [0.29, 0.717) is 24.7 Å². The molecule has 0 unspecified atom stereocenters. The molecule has 84 valence electrons. The molecular formula is C12H15N3O. The Labute approximate surface area is 94.5 Å². The Hall–Kier alpha value is -1.68. The van der Waals surface area contributed by atoms with Gasteiger partial charge in [-0.2, -0.15) is 4.98 Å². The summed E-state index contributed by atoms with van der Waals surface area (Å²) in [5, 5.41) is 3.95. The molecule has 1 aromatic carbocycles. The predicted molar refractivity (Wildman–Crippen MR) is 62.0 cm³/mol. The van der Waals surface area contributed by atoms with Gasteiger partial charge >= 0.3 is 0 Å². The van der Waals surface area contributed by atoms with Crippen molar-refractivity contribution in [2.24, 2.45) is 5.73 Å². The van der Waals surface area contributed by atoms with Crippen molar-refractivity contribution in [1.82, 2.24) is 10.1 Å². The summed E-state index contributed by atoms with van der Waals surface area (Å²) in [7, 11) is 0.